The molecule has 0 saturated carbocycles. The van der Waals surface area contributed by atoms with Crippen LogP contribution < -0.4 is 16.0 Å². The van der Waals surface area contributed by atoms with Crippen LogP contribution in [0.4, 0.5) is 20.4 Å². The molecule has 0 unspecified atom stereocenters. The Morgan fingerprint density at radius 1 is 1.38 bits per heavy atom. The Hall–Kier alpha value is -2.61. The summed E-state index contributed by atoms with van der Waals surface area (Å²) in [5.74, 6) is -2.82. The summed E-state index contributed by atoms with van der Waals surface area (Å²) in [6.07, 6.45) is 2.44. The zero-order chi connectivity index (χ0) is 21.2. The SMILES string of the molecule is CC(C)C[C@H]1CN(c2ccc(C(C)(F)F)c(C(=O)c3cccnc3N)n2)CCN1. The summed E-state index contributed by atoms with van der Waals surface area (Å²) < 4.78 is 28.4. The first-order chi connectivity index (χ1) is 13.7. The van der Waals surface area contributed by atoms with E-state index in [4.69, 9.17) is 5.73 Å². The van der Waals surface area contributed by atoms with Gasteiger partial charge in [0.05, 0.1) is 11.1 Å². The van der Waals surface area contributed by atoms with Crippen molar-refractivity contribution < 1.29 is 13.6 Å². The summed E-state index contributed by atoms with van der Waals surface area (Å²) in [6.45, 7) is 7.24. The monoisotopic (exact) mass is 403 g/mol. The van der Waals surface area contributed by atoms with Crippen LogP contribution in [0.1, 0.15) is 48.8 Å². The van der Waals surface area contributed by atoms with Crippen LogP contribution in [0, 0.1) is 5.92 Å². The standard InChI is InChI=1S/C21H27F2N5O/c1-13(2)11-14-12-28(10-9-25-14)17-7-6-16(21(3,22)23)18(27-17)19(29)15-5-4-8-26-20(15)24/h4-8,13-14,25H,9-12H2,1-3H3,(H2,24,26)/t14-/m0/s1. The van der Waals surface area contributed by atoms with Crippen LogP contribution in [0.5, 0.6) is 0 Å². The van der Waals surface area contributed by atoms with Crippen LogP contribution >= 0.6 is 0 Å². The van der Waals surface area contributed by atoms with Gasteiger partial charge in [-0.1, -0.05) is 13.8 Å². The number of rotatable bonds is 6. The van der Waals surface area contributed by atoms with Crippen molar-refractivity contribution in [2.24, 2.45) is 5.92 Å². The van der Waals surface area contributed by atoms with Gasteiger partial charge in [-0.05, 0) is 36.6 Å². The Balaban J connectivity index is 1.98. The minimum absolute atomic E-state index is 0.00533. The van der Waals surface area contributed by atoms with Crippen LogP contribution in [0.3, 0.4) is 0 Å². The van der Waals surface area contributed by atoms with E-state index in [9.17, 15) is 13.6 Å². The van der Waals surface area contributed by atoms with Gasteiger partial charge in [0, 0.05) is 38.8 Å². The first-order valence-electron chi connectivity index (χ1n) is 9.79. The number of halogens is 2. The number of nitrogens with two attached hydrogens (primary N) is 1. The molecule has 0 aromatic carbocycles. The van der Waals surface area contributed by atoms with Gasteiger partial charge in [0.25, 0.3) is 5.92 Å². The summed E-state index contributed by atoms with van der Waals surface area (Å²) in [5.41, 5.74) is 5.17. The normalized spacial score (nSPS) is 17.6. The average molecular weight is 403 g/mol. The Kier molecular flexibility index (Phi) is 6.12. The molecule has 1 atom stereocenters. The first kappa shape index (κ1) is 21.1. The summed E-state index contributed by atoms with van der Waals surface area (Å²) in [7, 11) is 0. The van der Waals surface area contributed by atoms with Gasteiger partial charge in [-0.3, -0.25) is 4.79 Å². The topological polar surface area (TPSA) is 84.1 Å². The fourth-order valence-electron chi connectivity index (χ4n) is 3.65. The number of alkyl halides is 2. The van der Waals surface area contributed by atoms with E-state index >= 15 is 0 Å². The Bertz CT molecular complexity index is 882. The number of nitrogen functional groups attached to an aromatic ring is 1. The van der Waals surface area contributed by atoms with Crippen LogP contribution in [0.2, 0.25) is 0 Å². The molecule has 0 spiro atoms. The Morgan fingerprint density at radius 3 is 2.79 bits per heavy atom. The number of pyridine rings is 2. The first-order valence-corrected chi connectivity index (χ1v) is 9.79. The summed E-state index contributed by atoms with van der Waals surface area (Å²) >= 11 is 0. The van der Waals surface area contributed by atoms with E-state index in [0.717, 1.165) is 19.9 Å². The highest BCUT2D eigenvalue weighted by Crippen LogP contribution is 2.32. The third kappa shape index (κ3) is 4.87. The molecule has 1 saturated heterocycles. The highest BCUT2D eigenvalue weighted by atomic mass is 19.3. The van der Waals surface area contributed by atoms with E-state index in [1.54, 1.807) is 12.1 Å². The lowest BCUT2D eigenvalue weighted by Gasteiger charge is -2.35. The molecule has 0 aliphatic carbocycles. The molecule has 3 N–H and O–H groups in total. The predicted octanol–water partition coefficient (Wildman–Crippen LogP) is 3.23. The molecule has 2 aromatic rings. The molecular weight excluding hydrogens is 376 g/mol. The van der Waals surface area contributed by atoms with Gasteiger partial charge in [0.1, 0.15) is 17.3 Å². The smallest absolute Gasteiger partial charge is 0.272 e. The number of hydrogen-bond donors (Lipinski definition) is 2. The van der Waals surface area contributed by atoms with Crippen molar-refractivity contribution in [3.05, 3.63) is 47.3 Å². The van der Waals surface area contributed by atoms with E-state index in [-0.39, 0.29) is 23.1 Å². The number of hydrogen-bond acceptors (Lipinski definition) is 6. The predicted molar refractivity (Wildman–Crippen MR) is 109 cm³/mol. The number of piperazine rings is 1. The Morgan fingerprint density at radius 2 is 2.14 bits per heavy atom. The lowest BCUT2D eigenvalue weighted by Crippen LogP contribution is -2.51. The van der Waals surface area contributed by atoms with E-state index in [1.807, 2.05) is 4.90 Å². The second kappa shape index (κ2) is 8.41. The maximum absolute atomic E-state index is 14.2. The lowest BCUT2D eigenvalue weighted by atomic mass is 10.00. The van der Waals surface area contributed by atoms with Crippen molar-refractivity contribution in [1.82, 2.24) is 15.3 Å². The molecule has 3 heterocycles. The maximum Gasteiger partial charge on any atom is 0.272 e. The van der Waals surface area contributed by atoms with E-state index in [1.165, 1.54) is 18.3 Å². The van der Waals surface area contributed by atoms with Gasteiger partial charge in [-0.15, -0.1) is 0 Å². The van der Waals surface area contributed by atoms with Gasteiger partial charge in [0.2, 0.25) is 5.78 Å². The largest absolute Gasteiger partial charge is 0.383 e. The fourth-order valence-corrected chi connectivity index (χ4v) is 3.65. The minimum Gasteiger partial charge on any atom is -0.383 e. The molecule has 1 aliphatic heterocycles. The zero-order valence-electron chi connectivity index (χ0n) is 17.0. The molecular formula is C21H27F2N5O. The third-order valence-corrected chi connectivity index (χ3v) is 4.99. The zero-order valence-corrected chi connectivity index (χ0v) is 17.0. The van der Waals surface area contributed by atoms with Gasteiger partial charge < -0.3 is 16.0 Å². The molecule has 3 rings (SSSR count). The van der Waals surface area contributed by atoms with Crippen LogP contribution in [-0.2, 0) is 5.92 Å². The molecule has 156 valence electrons. The molecule has 1 aliphatic rings. The molecule has 29 heavy (non-hydrogen) atoms. The van der Waals surface area contributed by atoms with Gasteiger partial charge in [-0.2, -0.15) is 0 Å². The third-order valence-electron chi connectivity index (χ3n) is 4.99. The van der Waals surface area contributed by atoms with E-state index < -0.39 is 17.3 Å². The van der Waals surface area contributed by atoms with Crippen LogP contribution in [0.25, 0.3) is 0 Å². The van der Waals surface area contributed by atoms with Gasteiger partial charge >= 0.3 is 0 Å². The van der Waals surface area contributed by atoms with Crippen LogP contribution in [0.15, 0.2) is 30.5 Å². The summed E-state index contributed by atoms with van der Waals surface area (Å²) in [4.78, 5) is 23.3. The lowest BCUT2D eigenvalue weighted by molar-refractivity contribution is 0.0161. The van der Waals surface area contributed by atoms with Crippen molar-refractivity contribution in [2.45, 2.75) is 39.2 Å². The van der Waals surface area contributed by atoms with Crippen molar-refractivity contribution >= 4 is 17.4 Å². The maximum atomic E-state index is 14.2. The number of carbonyl (C=O) groups excluding carboxylic acids is 1. The molecule has 0 radical (unpaired) electrons. The summed E-state index contributed by atoms with van der Waals surface area (Å²) in [5, 5.41) is 3.48. The number of ketones is 1. The van der Waals surface area contributed by atoms with Gasteiger partial charge in [0.15, 0.2) is 0 Å². The van der Waals surface area contributed by atoms with Crippen molar-refractivity contribution in [3.63, 3.8) is 0 Å². The second-order valence-corrected chi connectivity index (χ2v) is 7.95. The molecule has 2 aromatic heterocycles. The highest BCUT2D eigenvalue weighted by Gasteiger charge is 2.33. The van der Waals surface area contributed by atoms with Crippen molar-refractivity contribution in [3.8, 4) is 0 Å². The van der Waals surface area contributed by atoms with Crippen molar-refractivity contribution in [1.29, 1.82) is 0 Å². The average Bonchev–Trinajstić information content (AvgIpc) is 2.66. The second-order valence-electron chi connectivity index (χ2n) is 7.95. The van der Waals surface area contributed by atoms with E-state index in [2.05, 4.69) is 29.1 Å². The minimum atomic E-state index is -3.21. The quantitative estimate of drug-likeness (QED) is 0.721. The van der Waals surface area contributed by atoms with Crippen molar-refractivity contribution in [2.75, 3.05) is 30.3 Å². The van der Waals surface area contributed by atoms with Crippen LogP contribution in [-0.4, -0.2) is 41.4 Å². The number of carbonyl (C=O) groups is 1. The number of nitrogens with one attached hydrogen (secondary N) is 1. The van der Waals surface area contributed by atoms with Gasteiger partial charge in [-0.25, -0.2) is 18.7 Å². The Labute approximate surface area is 169 Å². The molecule has 8 heteroatoms. The number of aromatic nitrogens is 2. The molecule has 1 fully saturated rings. The highest BCUT2D eigenvalue weighted by molar-refractivity contribution is 6.11. The number of anilines is 2. The molecule has 0 amide bonds. The summed E-state index contributed by atoms with van der Waals surface area (Å²) in [6, 6.07) is 6.16. The molecule has 6 nitrogen and oxygen atoms in total. The fraction of sp³-hybridized carbons (Fsp3) is 0.476. The number of nitrogens with zero attached hydrogens (tertiary/aromatic N) is 3. The van der Waals surface area contributed by atoms with E-state index in [0.29, 0.717) is 24.8 Å². The molecule has 0 bridgehead atoms.